The second-order valence-corrected chi connectivity index (χ2v) is 2.47. The van der Waals surface area contributed by atoms with Crippen LogP contribution in [0.5, 0.6) is 0 Å². The molecule has 0 amide bonds. The molecule has 3 nitrogen and oxygen atoms in total. The summed E-state index contributed by atoms with van der Waals surface area (Å²) in [6.07, 6.45) is 0.0332. The molecule has 3 atom stereocenters. The lowest BCUT2D eigenvalue weighted by atomic mass is 10.3. The Morgan fingerprint density at radius 3 is 2.22 bits per heavy atom. The lowest BCUT2D eigenvalue weighted by molar-refractivity contribution is 0.00958. The molecule has 1 fully saturated rings. The number of rotatable bonds is 1. The van der Waals surface area contributed by atoms with E-state index in [0.717, 1.165) is 0 Å². The fourth-order valence-corrected chi connectivity index (χ4v) is 1.21. The number of aliphatic hydroxyl groups excluding tert-OH is 2. The van der Waals surface area contributed by atoms with Gasteiger partial charge in [0.05, 0.1) is 18.3 Å². The van der Waals surface area contributed by atoms with Crippen molar-refractivity contribution in [2.24, 2.45) is 0 Å². The molecule has 1 rings (SSSR count). The van der Waals surface area contributed by atoms with Gasteiger partial charge in [0.2, 0.25) is 0 Å². The summed E-state index contributed by atoms with van der Waals surface area (Å²) < 4.78 is 4.88. The van der Waals surface area contributed by atoms with Crippen molar-refractivity contribution in [1.29, 1.82) is 0 Å². The minimum absolute atomic E-state index is 0.153. The summed E-state index contributed by atoms with van der Waals surface area (Å²) in [7, 11) is 1.55. The summed E-state index contributed by atoms with van der Waals surface area (Å²) in [5.41, 5.74) is 0. The Bertz CT molecular complexity index is 94.3. The van der Waals surface area contributed by atoms with Crippen molar-refractivity contribution < 1.29 is 14.9 Å². The molecule has 1 aliphatic rings. The number of ether oxygens (including phenoxy) is 1. The maximum atomic E-state index is 9.07. The summed E-state index contributed by atoms with van der Waals surface area (Å²) in [4.78, 5) is 0. The maximum absolute atomic E-state index is 9.07. The number of hydrogen-bond donors (Lipinski definition) is 2. The van der Waals surface area contributed by atoms with E-state index >= 15 is 0 Å². The van der Waals surface area contributed by atoms with Gasteiger partial charge >= 0.3 is 0 Å². The van der Waals surface area contributed by atoms with Gasteiger partial charge in [-0.2, -0.15) is 0 Å². The molecule has 0 heterocycles. The van der Waals surface area contributed by atoms with Crippen molar-refractivity contribution in [1.82, 2.24) is 0 Å². The second-order valence-electron chi connectivity index (χ2n) is 2.47. The van der Waals surface area contributed by atoms with Gasteiger partial charge in [-0.1, -0.05) is 0 Å². The third-order valence-corrected chi connectivity index (χ3v) is 1.75. The zero-order valence-electron chi connectivity index (χ0n) is 5.45. The smallest absolute Gasteiger partial charge is 0.0855 e. The molecule has 0 unspecified atom stereocenters. The lowest BCUT2D eigenvalue weighted by Crippen LogP contribution is -2.20. The number of hydrogen-bond acceptors (Lipinski definition) is 3. The van der Waals surface area contributed by atoms with Gasteiger partial charge in [-0.05, 0) is 0 Å². The van der Waals surface area contributed by atoms with Gasteiger partial charge in [-0.3, -0.25) is 0 Å². The molecule has 2 N–H and O–H groups in total. The van der Waals surface area contributed by atoms with Crippen molar-refractivity contribution in [3.8, 4) is 0 Å². The molecule has 0 saturated heterocycles. The van der Waals surface area contributed by atoms with E-state index in [1.165, 1.54) is 0 Å². The van der Waals surface area contributed by atoms with E-state index in [1.807, 2.05) is 0 Å². The fourth-order valence-electron chi connectivity index (χ4n) is 1.21. The van der Waals surface area contributed by atoms with Crippen LogP contribution in [0.3, 0.4) is 0 Å². The first kappa shape index (κ1) is 6.99. The van der Waals surface area contributed by atoms with Crippen LogP contribution in [-0.2, 0) is 4.74 Å². The van der Waals surface area contributed by atoms with Gasteiger partial charge in [-0.15, -0.1) is 0 Å². The van der Waals surface area contributed by atoms with Crippen molar-refractivity contribution in [3.05, 3.63) is 0 Å². The average Bonchev–Trinajstić information content (AvgIpc) is 2.10. The monoisotopic (exact) mass is 132 g/mol. The summed E-state index contributed by atoms with van der Waals surface area (Å²) in [5.74, 6) is 0. The van der Waals surface area contributed by atoms with Crippen LogP contribution in [0.2, 0.25) is 0 Å². The van der Waals surface area contributed by atoms with Crippen LogP contribution in [-0.4, -0.2) is 35.6 Å². The summed E-state index contributed by atoms with van der Waals surface area (Å²) in [6, 6.07) is 0. The topological polar surface area (TPSA) is 49.7 Å². The highest BCUT2D eigenvalue weighted by Gasteiger charge is 2.31. The van der Waals surface area contributed by atoms with E-state index in [-0.39, 0.29) is 12.2 Å². The molecule has 0 radical (unpaired) electrons. The van der Waals surface area contributed by atoms with Crippen LogP contribution in [0.15, 0.2) is 0 Å². The van der Waals surface area contributed by atoms with E-state index < -0.39 is 6.10 Å². The number of aliphatic hydroxyl groups is 2. The maximum Gasteiger partial charge on any atom is 0.0855 e. The molecule has 0 aromatic heterocycles. The third kappa shape index (κ3) is 1.41. The molecule has 9 heavy (non-hydrogen) atoms. The Labute approximate surface area is 54.3 Å². The summed E-state index contributed by atoms with van der Waals surface area (Å²) in [5, 5.41) is 18.0. The zero-order valence-corrected chi connectivity index (χ0v) is 5.45. The van der Waals surface area contributed by atoms with Gasteiger partial charge in [0.25, 0.3) is 0 Å². The molecular weight excluding hydrogens is 120 g/mol. The van der Waals surface area contributed by atoms with Crippen molar-refractivity contribution in [2.45, 2.75) is 31.2 Å². The lowest BCUT2D eigenvalue weighted by Gasteiger charge is -2.09. The van der Waals surface area contributed by atoms with E-state index in [1.54, 1.807) is 7.11 Å². The summed E-state index contributed by atoms with van der Waals surface area (Å²) >= 11 is 0. The molecule has 0 aliphatic heterocycles. The molecule has 0 aromatic carbocycles. The van der Waals surface area contributed by atoms with Crippen LogP contribution in [0.1, 0.15) is 12.8 Å². The fraction of sp³-hybridized carbons (Fsp3) is 1.00. The Hall–Kier alpha value is -0.120. The normalized spacial score (nSPS) is 43.7. The van der Waals surface area contributed by atoms with Crippen molar-refractivity contribution >= 4 is 0 Å². The predicted molar refractivity (Wildman–Crippen MR) is 32.0 cm³/mol. The molecular formula is C6H12O3. The van der Waals surface area contributed by atoms with E-state index in [9.17, 15) is 0 Å². The largest absolute Gasteiger partial charge is 0.393 e. The molecule has 0 spiro atoms. The molecule has 0 aromatic rings. The third-order valence-electron chi connectivity index (χ3n) is 1.75. The quantitative estimate of drug-likeness (QED) is 0.506. The van der Waals surface area contributed by atoms with E-state index in [2.05, 4.69) is 0 Å². The summed E-state index contributed by atoms with van der Waals surface area (Å²) in [6.45, 7) is 0. The highest BCUT2D eigenvalue weighted by atomic mass is 16.5. The Morgan fingerprint density at radius 2 is 2.00 bits per heavy atom. The molecule has 1 saturated carbocycles. The predicted octanol–water partition coefficient (Wildman–Crippen LogP) is -0.483. The first-order valence-electron chi connectivity index (χ1n) is 3.13. The Balaban J connectivity index is 2.38. The average molecular weight is 132 g/mol. The highest BCUT2D eigenvalue weighted by Crippen LogP contribution is 2.21. The molecule has 3 heteroatoms. The van der Waals surface area contributed by atoms with Gasteiger partial charge in [0.15, 0.2) is 0 Å². The van der Waals surface area contributed by atoms with Gasteiger partial charge in [0.1, 0.15) is 0 Å². The van der Waals surface area contributed by atoms with Crippen molar-refractivity contribution in [3.63, 3.8) is 0 Å². The molecule has 1 aliphatic carbocycles. The first-order valence-corrected chi connectivity index (χ1v) is 3.13. The zero-order chi connectivity index (χ0) is 6.85. The van der Waals surface area contributed by atoms with E-state index in [4.69, 9.17) is 14.9 Å². The minimum Gasteiger partial charge on any atom is -0.393 e. The highest BCUT2D eigenvalue weighted by molar-refractivity contribution is 4.83. The van der Waals surface area contributed by atoms with Gasteiger partial charge in [-0.25, -0.2) is 0 Å². The SMILES string of the molecule is CO[C@@H]1C[C@@H](O)C[C@@H]1O. The van der Waals surface area contributed by atoms with Crippen LogP contribution < -0.4 is 0 Å². The Morgan fingerprint density at radius 1 is 1.33 bits per heavy atom. The van der Waals surface area contributed by atoms with Gasteiger partial charge < -0.3 is 14.9 Å². The van der Waals surface area contributed by atoms with Crippen LogP contribution in [0.25, 0.3) is 0 Å². The second kappa shape index (κ2) is 2.64. The standard InChI is InChI=1S/C6H12O3/c1-9-6-3-4(7)2-5(6)8/h4-8H,2-3H2,1H3/t4-,5-,6+/m0/s1. The minimum atomic E-state index is -0.468. The Kier molecular flexibility index (Phi) is 2.05. The first-order chi connectivity index (χ1) is 4.24. The van der Waals surface area contributed by atoms with Crippen LogP contribution >= 0.6 is 0 Å². The van der Waals surface area contributed by atoms with Crippen molar-refractivity contribution in [2.75, 3.05) is 7.11 Å². The molecule has 0 bridgehead atoms. The number of methoxy groups -OCH3 is 1. The van der Waals surface area contributed by atoms with Gasteiger partial charge in [0, 0.05) is 20.0 Å². The molecule has 54 valence electrons. The van der Waals surface area contributed by atoms with Crippen LogP contribution in [0, 0.1) is 0 Å². The van der Waals surface area contributed by atoms with Crippen LogP contribution in [0.4, 0.5) is 0 Å². The van der Waals surface area contributed by atoms with E-state index in [0.29, 0.717) is 12.8 Å².